The minimum Gasteiger partial charge on any atom is -0.464 e. The van der Waals surface area contributed by atoms with Gasteiger partial charge in [-0.3, -0.25) is 0 Å². The Morgan fingerprint density at radius 2 is 1.95 bits per heavy atom. The molecule has 0 atom stereocenters. The molecule has 0 amide bonds. The number of aromatic nitrogens is 4. The van der Waals surface area contributed by atoms with Gasteiger partial charge >= 0.3 is 6.01 Å². The van der Waals surface area contributed by atoms with Crippen LogP contribution in [0.2, 0.25) is 0 Å². The molecule has 7 nitrogen and oxygen atoms in total. The lowest BCUT2D eigenvalue weighted by Gasteiger charge is -2.08. The monoisotopic (exact) mass is 294 g/mol. The highest BCUT2D eigenvalue weighted by molar-refractivity contribution is 7.07. The molecule has 0 saturated heterocycles. The minimum atomic E-state index is 0.328. The molecule has 0 aromatic carbocycles. The molecule has 2 N–H and O–H groups in total. The van der Waals surface area contributed by atoms with Crippen molar-refractivity contribution in [3.8, 4) is 6.01 Å². The molecule has 108 valence electrons. The largest absolute Gasteiger partial charge is 0.464 e. The highest BCUT2D eigenvalue weighted by Gasteiger charge is 2.06. The summed E-state index contributed by atoms with van der Waals surface area (Å²) in [6, 6.07) is 0.328. The zero-order valence-corrected chi connectivity index (χ0v) is 12.4. The van der Waals surface area contributed by atoms with Crippen molar-refractivity contribution in [2.45, 2.75) is 20.3 Å². The number of nitrogens with one attached hydrogen (secondary N) is 2. The Labute approximate surface area is 121 Å². The lowest BCUT2D eigenvalue weighted by atomic mass is 10.3. The van der Waals surface area contributed by atoms with Crippen molar-refractivity contribution in [1.82, 2.24) is 19.9 Å². The Balaban J connectivity index is 1.97. The zero-order chi connectivity index (χ0) is 14.2. The maximum absolute atomic E-state index is 5.33. The fraction of sp³-hybridized carbons (Fsp3) is 0.500. The summed E-state index contributed by atoms with van der Waals surface area (Å²) in [5.74, 6) is 1.02. The van der Waals surface area contributed by atoms with Gasteiger partial charge in [-0.15, -0.1) is 11.3 Å². The lowest BCUT2D eigenvalue weighted by Crippen LogP contribution is -2.12. The predicted octanol–water partition coefficient (Wildman–Crippen LogP) is 1.81. The van der Waals surface area contributed by atoms with Crippen LogP contribution < -0.4 is 15.4 Å². The van der Waals surface area contributed by atoms with Gasteiger partial charge in [0.05, 0.1) is 17.8 Å². The average molecular weight is 294 g/mol. The third kappa shape index (κ3) is 4.30. The molecular weight excluding hydrogens is 276 g/mol. The van der Waals surface area contributed by atoms with Gasteiger partial charge in [-0.05, 0) is 13.8 Å². The Morgan fingerprint density at radius 3 is 2.60 bits per heavy atom. The topological polar surface area (TPSA) is 84.9 Å². The number of hydrogen-bond donors (Lipinski definition) is 2. The Hall–Kier alpha value is -1.96. The van der Waals surface area contributed by atoms with Crippen molar-refractivity contribution >= 4 is 23.2 Å². The molecule has 0 spiro atoms. The summed E-state index contributed by atoms with van der Waals surface area (Å²) in [6.07, 6.45) is 0.829. The molecule has 20 heavy (non-hydrogen) atoms. The summed E-state index contributed by atoms with van der Waals surface area (Å²) in [7, 11) is 0. The normalized spacial score (nSPS) is 10.3. The first kappa shape index (κ1) is 14.4. The summed E-state index contributed by atoms with van der Waals surface area (Å²) in [4.78, 5) is 16.9. The summed E-state index contributed by atoms with van der Waals surface area (Å²) in [5, 5.41) is 8.25. The fourth-order valence-corrected chi connectivity index (χ4v) is 2.12. The van der Waals surface area contributed by atoms with E-state index in [1.807, 2.05) is 24.7 Å². The quantitative estimate of drug-likeness (QED) is 0.768. The van der Waals surface area contributed by atoms with Crippen molar-refractivity contribution in [3.63, 3.8) is 0 Å². The summed E-state index contributed by atoms with van der Waals surface area (Å²) >= 11 is 1.59. The maximum Gasteiger partial charge on any atom is 0.323 e. The summed E-state index contributed by atoms with van der Waals surface area (Å²) < 4.78 is 5.33. The van der Waals surface area contributed by atoms with E-state index in [-0.39, 0.29) is 0 Å². The molecular formula is C12H18N6OS. The van der Waals surface area contributed by atoms with Crippen LogP contribution in [0.4, 0.5) is 11.9 Å². The average Bonchev–Trinajstić information content (AvgIpc) is 2.92. The molecule has 2 aromatic rings. The molecule has 0 radical (unpaired) electrons. The van der Waals surface area contributed by atoms with Gasteiger partial charge in [0.1, 0.15) is 0 Å². The van der Waals surface area contributed by atoms with Gasteiger partial charge in [-0.2, -0.15) is 15.0 Å². The zero-order valence-electron chi connectivity index (χ0n) is 11.6. The van der Waals surface area contributed by atoms with E-state index in [9.17, 15) is 0 Å². The van der Waals surface area contributed by atoms with Gasteiger partial charge in [-0.25, -0.2) is 4.98 Å². The number of thiazole rings is 1. The van der Waals surface area contributed by atoms with E-state index < -0.39 is 0 Å². The highest BCUT2D eigenvalue weighted by atomic mass is 32.1. The molecule has 0 unspecified atom stereocenters. The van der Waals surface area contributed by atoms with E-state index in [0.717, 1.165) is 18.7 Å². The number of nitrogens with zero attached hydrogens (tertiary/aromatic N) is 4. The molecule has 0 saturated carbocycles. The standard InChI is InChI=1S/C12H18N6OS/c1-3-13-10-16-11(18-12(17-10)19-4-2)14-6-5-9-7-20-8-15-9/h7-8H,3-6H2,1-2H3,(H2,13,14,16,17,18). The predicted molar refractivity (Wildman–Crippen MR) is 79.5 cm³/mol. The van der Waals surface area contributed by atoms with Crippen molar-refractivity contribution in [1.29, 1.82) is 0 Å². The maximum atomic E-state index is 5.33. The van der Waals surface area contributed by atoms with Gasteiger partial charge in [-0.1, -0.05) is 0 Å². The summed E-state index contributed by atoms with van der Waals surface area (Å²) in [5.41, 5.74) is 2.89. The van der Waals surface area contributed by atoms with E-state index in [4.69, 9.17) is 4.74 Å². The molecule has 0 aliphatic carbocycles. The van der Waals surface area contributed by atoms with Crippen LogP contribution in [0, 0.1) is 0 Å². The van der Waals surface area contributed by atoms with Crippen LogP contribution in [0.15, 0.2) is 10.9 Å². The van der Waals surface area contributed by atoms with Gasteiger partial charge in [0.2, 0.25) is 11.9 Å². The van der Waals surface area contributed by atoms with Gasteiger partial charge in [0, 0.05) is 24.9 Å². The minimum absolute atomic E-state index is 0.328. The van der Waals surface area contributed by atoms with Crippen molar-refractivity contribution < 1.29 is 4.74 Å². The van der Waals surface area contributed by atoms with Crippen molar-refractivity contribution in [2.24, 2.45) is 0 Å². The first-order chi connectivity index (χ1) is 9.81. The van der Waals surface area contributed by atoms with E-state index in [1.165, 1.54) is 0 Å². The van der Waals surface area contributed by atoms with Crippen molar-refractivity contribution in [2.75, 3.05) is 30.3 Å². The summed E-state index contributed by atoms with van der Waals surface area (Å²) in [6.45, 7) is 5.86. The molecule has 2 aromatic heterocycles. The first-order valence-corrected chi connectivity index (χ1v) is 7.49. The second-order valence-corrected chi connectivity index (χ2v) is 4.60. The SMILES string of the molecule is CCNc1nc(NCCc2cscn2)nc(OCC)n1. The molecule has 2 heterocycles. The number of rotatable bonds is 8. The fourth-order valence-electron chi connectivity index (χ4n) is 1.53. The Bertz CT molecular complexity index is 494. The van der Waals surface area contributed by atoms with E-state index >= 15 is 0 Å². The smallest absolute Gasteiger partial charge is 0.323 e. The number of hydrogen-bond acceptors (Lipinski definition) is 8. The van der Waals surface area contributed by atoms with Crippen LogP contribution in [-0.2, 0) is 6.42 Å². The van der Waals surface area contributed by atoms with Crippen LogP contribution in [0.1, 0.15) is 19.5 Å². The second kappa shape index (κ2) is 7.59. The number of ether oxygens (including phenoxy) is 1. The van der Waals surface area contributed by atoms with Crippen molar-refractivity contribution in [3.05, 3.63) is 16.6 Å². The van der Waals surface area contributed by atoms with E-state index in [1.54, 1.807) is 11.3 Å². The van der Waals surface area contributed by atoms with Crippen LogP contribution in [-0.4, -0.2) is 39.6 Å². The number of anilines is 2. The van der Waals surface area contributed by atoms with E-state index in [2.05, 4.69) is 30.6 Å². The van der Waals surface area contributed by atoms with Gasteiger partial charge in [0.15, 0.2) is 0 Å². The Morgan fingerprint density at radius 1 is 1.15 bits per heavy atom. The molecule has 0 aliphatic rings. The lowest BCUT2D eigenvalue weighted by molar-refractivity contribution is 0.312. The first-order valence-electron chi connectivity index (χ1n) is 6.55. The molecule has 0 bridgehead atoms. The molecule has 2 rings (SSSR count). The van der Waals surface area contributed by atoms with Gasteiger partial charge in [0.25, 0.3) is 0 Å². The molecule has 8 heteroatoms. The highest BCUT2D eigenvalue weighted by Crippen LogP contribution is 2.11. The van der Waals surface area contributed by atoms with Gasteiger partial charge < -0.3 is 15.4 Å². The molecule has 0 aliphatic heterocycles. The van der Waals surface area contributed by atoms with Crippen LogP contribution in [0.5, 0.6) is 6.01 Å². The van der Waals surface area contributed by atoms with Crippen LogP contribution in [0.25, 0.3) is 0 Å². The second-order valence-electron chi connectivity index (χ2n) is 3.89. The molecule has 0 fully saturated rings. The van der Waals surface area contributed by atoms with Crippen LogP contribution >= 0.6 is 11.3 Å². The third-order valence-electron chi connectivity index (χ3n) is 2.37. The Kier molecular flexibility index (Phi) is 5.48. The third-order valence-corrected chi connectivity index (χ3v) is 3.01. The van der Waals surface area contributed by atoms with E-state index in [0.29, 0.717) is 31.1 Å². The van der Waals surface area contributed by atoms with Crippen LogP contribution in [0.3, 0.4) is 0 Å².